The van der Waals surface area contributed by atoms with Crippen molar-refractivity contribution in [3.63, 3.8) is 0 Å². The van der Waals surface area contributed by atoms with Gasteiger partial charge in [-0.15, -0.1) is 24.0 Å². The fraction of sp³-hybridized carbons (Fsp3) is 0.476. The molecule has 2 aromatic rings. The van der Waals surface area contributed by atoms with Crippen molar-refractivity contribution < 1.29 is 12.8 Å². The number of halogens is 1. The van der Waals surface area contributed by atoms with Crippen LogP contribution in [0.2, 0.25) is 0 Å². The van der Waals surface area contributed by atoms with Gasteiger partial charge < -0.3 is 15.1 Å². The molecular weight excluding hydrogens is 515 g/mol. The van der Waals surface area contributed by atoms with Gasteiger partial charge in [0.05, 0.1) is 17.2 Å². The summed E-state index contributed by atoms with van der Waals surface area (Å²) in [5.74, 6) is 1.66. The number of nitrogens with zero attached hydrogens (tertiary/aromatic N) is 2. The van der Waals surface area contributed by atoms with Gasteiger partial charge in [0, 0.05) is 26.4 Å². The maximum absolute atomic E-state index is 11.6. The van der Waals surface area contributed by atoms with Gasteiger partial charge in [-0.3, -0.25) is 9.89 Å². The predicted octanol–water partition coefficient (Wildman–Crippen LogP) is 3.19. The third-order valence-electron chi connectivity index (χ3n) is 5.20. The smallest absolute Gasteiger partial charge is 0.191 e. The lowest BCUT2D eigenvalue weighted by atomic mass is 10.1. The Labute approximate surface area is 196 Å². The number of sulfone groups is 1. The lowest BCUT2D eigenvalue weighted by molar-refractivity contribution is 0.146. The number of hydrogen-bond acceptors (Lipinski definition) is 5. The second kappa shape index (κ2) is 11.7. The van der Waals surface area contributed by atoms with Crippen LogP contribution in [0.15, 0.2) is 57.0 Å². The highest BCUT2D eigenvalue weighted by Gasteiger charge is 2.24. The highest BCUT2D eigenvalue weighted by atomic mass is 127. The molecule has 166 valence electrons. The maximum atomic E-state index is 11.6. The van der Waals surface area contributed by atoms with E-state index >= 15 is 0 Å². The molecule has 1 fully saturated rings. The zero-order valence-corrected chi connectivity index (χ0v) is 20.7. The second-order valence-corrected chi connectivity index (χ2v) is 9.37. The van der Waals surface area contributed by atoms with Gasteiger partial charge in [0.1, 0.15) is 5.76 Å². The summed E-state index contributed by atoms with van der Waals surface area (Å²) in [6, 6.07) is 11.0. The number of guanidine groups is 1. The fourth-order valence-corrected chi connectivity index (χ4v) is 4.21. The molecule has 2 heterocycles. The number of furan rings is 1. The molecule has 1 aromatic heterocycles. The van der Waals surface area contributed by atoms with Crippen LogP contribution in [0.1, 0.15) is 36.6 Å². The summed E-state index contributed by atoms with van der Waals surface area (Å²) in [5, 5.41) is 6.69. The molecule has 1 aliphatic heterocycles. The lowest BCUT2D eigenvalue weighted by Gasteiger charge is -2.33. The van der Waals surface area contributed by atoms with Gasteiger partial charge in [0.15, 0.2) is 15.8 Å². The van der Waals surface area contributed by atoms with Crippen molar-refractivity contribution >= 4 is 39.8 Å². The average Bonchev–Trinajstić information content (AvgIpc) is 3.25. The Hall–Kier alpha value is -1.59. The maximum Gasteiger partial charge on any atom is 0.191 e. The first-order valence-electron chi connectivity index (χ1n) is 9.98. The van der Waals surface area contributed by atoms with E-state index in [1.165, 1.54) is 25.5 Å². The minimum absolute atomic E-state index is 0. The molecule has 1 unspecified atom stereocenters. The van der Waals surface area contributed by atoms with Crippen molar-refractivity contribution in [2.75, 3.05) is 32.9 Å². The second-order valence-electron chi connectivity index (χ2n) is 7.35. The Balaban J connectivity index is 0.00000320. The summed E-state index contributed by atoms with van der Waals surface area (Å²) >= 11 is 0. The zero-order chi connectivity index (χ0) is 20.7. The van der Waals surface area contributed by atoms with Gasteiger partial charge in [-0.2, -0.15) is 0 Å². The SMILES string of the molecule is CN=C(NCc1ccc(S(C)(=O)=O)cc1)NCC(c1ccco1)N1CCCCC1.I. The predicted molar refractivity (Wildman–Crippen MR) is 130 cm³/mol. The van der Waals surface area contributed by atoms with E-state index in [0.717, 1.165) is 24.4 Å². The molecule has 1 aromatic carbocycles. The number of nitrogens with one attached hydrogen (secondary N) is 2. The highest BCUT2D eigenvalue weighted by Crippen LogP contribution is 2.24. The van der Waals surface area contributed by atoms with E-state index in [9.17, 15) is 8.42 Å². The Morgan fingerprint density at radius 3 is 2.40 bits per heavy atom. The molecule has 1 saturated heterocycles. The summed E-state index contributed by atoms with van der Waals surface area (Å²) in [7, 11) is -1.44. The summed E-state index contributed by atoms with van der Waals surface area (Å²) < 4.78 is 28.8. The summed E-state index contributed by atoms with van der Waals surface area (Å²) in [6.45, 7) is 3.40. The first-order valence-corrected chi connectivity index (χ1v) is 11.9. The first-order chi connectivity index (χ1) is 14.0. The van der Waals surface area contributed by atoms with Crippen molar-refractivity contribution in [2.24, 2.45) is 4.99 Å². The first kappa shape index (κ1) is 24.7. The van der Waals surface area contributed by atoms with Crippen LogP contribution in [-0.2, 0) is 16.4 Å². The van der Waals surface area contributed by atoms with Gasteiger partial charge in [0.2, 0.25) is 0 Å². The monoisotopic (exact) mass is 546 g/mol. The molecule has 2 N–H and O–H groups in total. The van der Waals surface area contributed by atoms with E-state index in [4.69, 9.17) is 4.42 Å². The number of aliphatic imine (C=N–C) groups is 1. The van der Waals surface area contributed by atoms with Crippen molar-refractivity contribution in [1.29, 1.82) is 0 Å². The van der Waals surface area contributed by atoms with Gasteiger partial charge in [-0.05, 0) is 55.8 Å². The quantitative estimate of drug-likeness (QED) is 0.315. The van der Waals surface area contributed by atoms with Crippen LogP contribution < -0.4 is 10.6 Å². The van der Waals surface area contributed by atoms with Crippen LogP contribution in [0.4, 0.5) is 0 Å². The molecule has 0 saturated carbocycles. The van der Waals surface area contributed by atoms with Gasteiger partial charge in [-0.1, -0.05) is 18.6 Å². The normalized spacial score (nSPS) is 16.5. The van der Waals surface area contributed by atoms with Gasteiger partial charge in [0.25, 0.3) is 0 Å². The number of benzene rings is 1. The molecule has 30 heavy (non-hydrogen) atoms. The molecule has 0 aliphatic carbocycles. The van der Waals surface area contributed by atoms with Crippen LogP contribution in [0.3, 0.4) is 0 Å². The van der Waals surface area contributed by atoms with Gasteiger partial charge in [-0.25, -0.2) is 8.42 Å². The molecule has 7 nitrogen and oxygen atoms in total. The molecule has 1 atom stereocenters. The molecule has 0 bridgehead atoms. The summed E-state index contributed by atoms with van der Waals surface area (Å²) in [5.41, 5.74) is 0.985. The minimum Gasteiger partial charge on any atom is -0.468 e. The Morgan fingerprint density at radius 2 is 1.83 bits per heavy atom. The Morgan fingerprint density at radius 1 is 1.13 bits per heavy atom. The van der Waals surface area contributed by atoms with Crippen LogP contribution in [0, 0.1) is 0 Å². The Bertz CT molecular complexity index is 893. The van der Waals surface area contributed by atoms with Crippen LogP contribution in [0.25, 0.3) is 0 Å². The van der Waals surface area contributed by atoms with E-state index in [1.807, 2.05) is 24.3 Å². The molecular formula is C21H31IN4O3S. The van der Waals surface area contributed by atoms with Crippen molar-refractivity contribution in [3.8, 4) is 0 Å². The minimum atomic E-state index is -3.18. The molecule has 1 aliphatic rings. The van der Waals surface area contributed by atoms with Crippen LogP contribution in [0.5, 0.6) is 0 Å². The molecule has 0 amide bonds. The topological polar surface area (TPSA) is 86.9 Å². The molecule has 3 rings (SSSR count). The zero-order valence-electron chi connectivity index (χ0n) is 17.5. The fourth-order valence-electron chi connectivity index (χ4n) is 3.57. The van der Waals surface area contributed by atoms with Gasteiger partial charge >= 0.3 is 0 Å². The van der Waals surface area contributed by atoms with Crippen molar-refractivity contribution in [1.82, 2.24) is 15.5 Å². The van der Waals surface area contributed by atoms with E-state index in [1.54, 1.807) is 25.4 Å². The van der Waals surface area contributed by atoms with Crippen LogP contribution in [-0.4, -0.2) is 52.2 Å². The summed E-state index contributed by atoms with van der Waals surface area (Å²) in [6.07, 6.45) is 6.65. The van der Waals surface area contributed by atoms with E-state index in [0.29, 0.717) is 23.9 Å². The van der Waals surface area contributed by atoms with E-state index in [-0.39, 0.29) is 30.0 Å². The number of rotatable bonds is 7. The average molecular weight is 546 g/mol. The number of piperidine rings is 1. The number of hydrogen-bond donors (Lipinski definition) is 2. The standard InChI is InChI=1S/C21H30N4O3S.HI/c1-22-21(23-15-17-8-10-18(11-9-17)29(2,26)27)24-16-19(20-7-6-14-28-20)25-12-4-3-5-13-25;/h6-11,14,19H,3-5,12-13,15-16H2,1-2H3,(H2,22,23,24);1H. The van der Waals surface area contributed by atoms with Crippen molar-refractivity contribution in [2.45, 2.75) is 36.7 Å². The van der Waals surface area contributed by atoms with E-state index in [2.05, 4.69) is 20.5 Å². The third kappa shape index (κ3) is 6.98. The van der Waals surface area contributed by atoms with E-state index < -0.39 is 9.84 Å². The van der Waals surface area contributed by atoms with Crippen LogP contribution >= 0.6 is 24.0 Å². The lowest BCUT2D eigenvalue weighted by Crippen LogP contribution is -2.44. The van der Waals surface area contributed by atoms with Crippen molar-refractivity contribution in [3.05, 3.63) is 54.0 Å². The largest absolute Gasteiger partial charge is 0.468 e. The molecule has 0 spiro atoms. The molecule has 9 heteroatoms. The highest BCUT2D eigenvalue weighted by molar-refractivity contribution is 14.0. The molecule has 0 radical (unpaired) electrons. The Kier molecular flexibility index (Phi) is 9.63. The number of likely N-dealkylation sites (tertiary alicyclic amines) is 1. The summed E-state index contributed by atoms with van der Waals surface area (Å²) in [4.78, 5) is 7.10. The third-order valence-corrected chi connectivity index (χ3v) is 6.33.